The molecule has 10 amide bonds. The number of para-hydroxylation sites is 1. The molecule has 2 fully saturated rings. The minimum atomic E-state index is -1.80. The van der Waals surface area contributed by atoms with E-state index >= 15 is 0 Å². The van der Waals surface area contributed by atoms with Crippen LogP contribution in [0.4, 0.5) is 0 Å². The molecule has 1 saturated carbocycles. The number of aliphatic imine (C=N–C) groups is 1. The first-order chi connectivity index (χ1) is 36.9. The predicted molar refractivity (Wildman–Crippen MR) is 294 cm³/mol. The summed E-state index contributed by atoms with van der Waals surface area (Å²) < 4.78 is -0.558. The van der Waals surface area contributed by atoms with E-state index in [1.165, 1.54) is 4.90 Å². The Morgan fingerprint density at radius 1 is 0.782 bits per heavy atom. The van der Waals surface area contributed by atoms with E-state index in [2.05, 4.69) is 59.8 Å². The van der Waals surface area contributed by atoms with Crippen molar-refractivity contribution in [2.75, 3.05) is 25.4 Å². The molecule has 0 spiro atoms. The normalized spacial score (nSPS) is 17.5. The Bertz CT molecular complexity index is 2520. The molecule has 26 nitrogen and oxygen atoms in total. The molecule has 78 heavy (non-hydrogen) atoms. The van der Waals surface area contributed by atoms with Crippen LogP contribution < -0.4 is 60.2 Å². The Morgan fingerprint density at radius 3 is 2.06 bits per heavy atom. The van der Waals surface area contributed by atoms with Gasteiger partial charge in [0, 0.05) is 60.0 Å². The van der Waals surface area contributed by atoms with Gasteiger partial charge in [-0.15, -0.1) is 0 Å². The Kier molecular flexibility index (Phi) is 25.0. The summed E-state index contributed by atoms with van der Waals surface area (Å²) in [7, 11) is 0. The number of hydrogen-bond acceptors (Lipinski definition) is 14. The van der Waals surface area contributed by atoms with Crippen molar-refractivity contribution >= 4 is 107 Å². The van der Waals surface area contributed by atoms with Crippen molar-refractivity contribution in [3.8, 4) is 0 Å². The van der Waals surface area contributed by atoms with E-state index in [-0.39, 0.29) is 56.9 Å². The van der Waals surface area contributed by atoms with Crippen molar-refractivity contribution in [1.29, 1.82) is 0 Å². The molecule has 1 aliphatic heterocycles. The third-order valence-corrected chi connectivity index (χ3v) is 14.8. The number of carboxylic acid groups (broad SMARTS) is 1. The Morgan fingerprint density at radius 2 is 1.42 bits per heavy atom. The number of aromatic nitrogens is 1. The molecule has 430 valence electrons. The lowest BCUT2D eigenvalue weighted by atomic mass is 9.85. The van der Waals surface area contributed by atoms with Crippen LogP contribution in [0.5, 0.6) is 0 Å². The molecule has 1 aromatic heterocycles. The number of aliphatic carboxylic acids is 1. The molecular formula is C50H76N14O12S2. The maximum absolute atomic E-state index is 14.4. The minimum Gasteiger partial charge on any atom is -0.481 e. The first-order valence-corrected chi connectivity index (χ1v) is 27.1. The maximum Gasteiger partial charge on any atom is 0.303 e. The molecule has 17 N–H and O–H groups in total. The maximum atomic E-state index is 14.4. The summed E-state index contributed by atoms with van der Waals surface area (Å²) in [6.07, 6.45) is 5.18. The highest BCUT2D eigenvalue weighted by atomic mass is 32.1. The minimum absolute atomic E-state index is 0.0258. The lowest BCUT2D eigenvalue weighted by Crippen LogP contribution is -2.61. The second kappa shape index (κ2) is 30.7. The summed E-state index contributed by atoms with van der Waals surface area (Å²) in [5, 5.41) is 28.4. The third-order valence-electron chi connectivity index (χ3n) is 13.8. The fourth-order valence-electron chi connectivity index (χ4n) is 9.40. The SMILES string of the molecule is CC[C@@H](C)[C@@H](NC(=O)[C@@H](Cc1c[nH]c2ccccc12)NC(=O)CC1(S)CCCCC1)C(=O)N[C@@H](CCC(=O)O)C(=O)N[C@@H](CC(N)=O)C(=O)N[C@@H](CS)C(=O)N1CCC[C@@H]1C(=O)N[C@@H](CCCN=C(N)N)C(=O)NCC(N)=O. The molecule has 2 heterocycles. The second-order valence-corrected chi connectivity index (χ2v) is 21.2. The van der Waals surface area contributed by atoms with E-state index in [1.54, 1.807) is 20.0 Å². The van der Waals surface area contributed by atoms with Crippen LogP contribution >= 0.6 is 25.3 Å². The lowest BCUT2D eigenvalue weighted by molar-refractivity contribution is -0.142. The molecule has 1 aliphatic carbocycles. The third kappa shape index (κ3) is 19.7. The van der Waals surface area contributed by atoms with E-state index in [4.69, 9.17) is 35.6 Å². The molecule has 1 saturated heterocycles. The Balaban J connectivity index is 1.52. The summed E-state index contributed by atoms with van der Waals surface area (Å²) in [5.74, 6) is -10.9. The van der Waals surface area contributed by atoms with Crippen LogP contribution in [0.2, 0.25) is 0 Å². The molecule has 2 aromatic rings. The smallest absolute Gasteiger partial charge is 0.303 e. The first kappa shape index (κ1) is 63.4. The highest BCUT2D eigenvalue weighted by molar-refractivity contribution is 7.81. The molecule has 8 atom stereocenters. The fourth-order valence-corrected chi connectivity index (χ4v) is 10.1. The number of nitrogens with zero attached hydrogens (tertiary/aromatic N) is 2. The number of nitrogens with one attached hydrogen (secondary N) is 8. The number of primary amides is 2. The lowest BCUT2D eigenvalue weighted by Gasteiger charge is -2.33. The molecule has 1 aromatic carbocycles. The average molecular weight is 1130 g/mol. The van der Waals surface area contributed by atoms with Gasteiger partial charge in [-0.3, -0.25) is 57.7 Å². The molecule has 2 aliphatic rings. The number of hydrogen-bond donors (Lipinski definition) is 15. The van der Waals surface area contributed by atoms with Gasteiger partial charge < -0.3 is 75.1 Å². The molecule has 28 heteroatoms. The van der Waals surface area contributed by atoms with Gasteiger partial charge in [0.2, 0.25) is 59.1 Å². The predicted octanol–water partition coefficient (Wildman–Crippen LogP) is -2.00. The number of carboxylic acids is 1. The number of thiol groups is 2. The molecule has 4 rings (SSSR count). The topological polar surface area (TPSA) is 428 Å². The molecule has 0 radical (unpaired) electrons. The zero-order chi connectivity index (χ0) is 57.7. The van der Waals surface area contributed by atoms with Crippen LogP contribution in [0.15, 0.2) is 35.5 Å². The van der Waals surface area contributed by atoms with E-state index in [0.717, 1.165) is 43.0 Å². The van der Waals surface area contributed by atoms with Crippen LogP contribution in [0.1, 0.15) is 109 Å². The zero-order valence-electron chi connectivity index (χ0n) is 44.0. The number of aromatic amines is 1. The van der Waals surface area contributed by atoms with Gasteiger partial charge in [-0.25, -0.2) is 0 Å². The van der Waals surface area contributed by atoms with Gasteiger partial charge in [-0.1, -0.05) is 57.7 Å². The molecule has 0 unspecified atom stereocenters. The van der Waals surface area contributed by atoms with Crippen molar-refractivity contribution < 1.29 is 57.8 Å². The van der Waals surface area contributed by atoms with Crippen molar-refractivity contribution in [3.05, 3.63) is 36.0 Å². The van der Waals surface area contributed by atoms with E-state index < -0.39 is 144 Å². The van der Waals surface area contributed by atoms with Gasteiger partial charge in [-0.05, 0) is 62.5 Å². The number of carbonyl (C=O) groups excluding carboxylic acids is 10. The van der Waals surface area contributed by atoms with Gasteiger partial charge in [-0.2, -0.15) is 25.3 Å². The number of fused-ring (bicyclic) bond motifs is 1. The summed E-state index contributed by atoms with van der Waals surface area (Å²) >= 11 is 9.10. The molecule has 0 bridgehead atoms. The Hall–Kier alpha value is -7.10. The van der Waals surface area contributed by atoms with Gasteiger partial charge in [0.25, 0.3) is 0 Å². The number of H-pyrrole nitrogens is 1. The highest BCUT2D eigenvalue weighted by Gasteiger charge is 2.41. The number of carbonyl (C=O) groups is 11. The fraction of sp³-hybridized carbons (Fsp3) is 0.600. The number of guanidine groups is 1. The van der Waals surface area contributed by atoms with Crippen LogP contribution in [-0.4, -0.2) is 158 Å². The van der Waals surface area contributed by atoms with Crippen molar-refractivity contribution in [2.24, 2.45) is 33.8 Å². The summed E-state index contributed by atoms with van der Waals surface area (Å²) in [5.41, 5.74) is 23.0. The van der Waals surface area contributed by atoms with Crippen LogP contribution in [0.3, 0.4) is 0 Å². The van der Waals surface area contributed by atoms with Crippen LogP contribution in [0, 0.1) is 5.92 Å². The zero-order valence-corrected chi connectivity index (χ0v) is 45.8. The quantitative estimate of drug-likeness (QED) is 0.0168. The summed E-state index contributed by atoms with van der Waals surface area (Å²) in [6, 6.07) is -2.40. The average Bonchev–Trinajstić information content (AvgIpc) is 4.07. The van der Waals surface area contributed by atoms with Gasteiger partial charge >= 0.3 is 5.97 Å². The monoisotopic (exact) mass is 1130 g/mol. The largest absolute Gasteiger partial charge is 0.481 e. The number of benzene rings is 1. The summed E-state index contributed by atoms with van der Waals surface area (Å²) in [4.78, 5) is 155. The van der Waals surface area contributed by atoms with E-state index in [9.17, 15) is 57.8 Å². The summed E-state index contributed by atoms with van der Waals surface area (Å²) in [6.45, 7) is 3.07. The van der Waals surface area contributed by atoms with Gasteiger partial charge in [0.05, 0.1) is 13.0 Å². The molecular weight excluding hydrogens is 1050 g/mol. The van der Waals surface area contributed by atoms with E-state index in [0.29, 0.717) is 18.4 Å². The van der Waals surface area contributed by atoms with Crippen LogP contribution in [-0.2, 0) is 59.2 Å². The standard InChI is InChI=1S/C50H76N14O12S2/c1-3-27(2)41(63-45(73)33(21-28-24-56-30-12-6-5-11-29(28)30)58-39(67)23-50(78)17-7-4-8-18-50)47(75)60-32(15-16-40(68)69)43(71)61-34(22-37(51)65)44(72)62-35(26-77)48(76)64-20-10-14-36(64)46(74)59-31(13-9-19-55-49(53)54)42(70)57-25-38(52)66/h5-6,11-12,24,27,31-36,41,56,77-78H,3-4,7-10,13-23,25-26H2,1-2H3,(H2,51,65)(H2,52,66)(H,57,70)(H,58,67)(H,59,74)(H,60,75)(H,61,71)(H,62,72)(H,63,73)(H,68,69)(H4,53,54,55)/t27-,31+,32+,33-,34+,35+,36-,41-/m1/s1. The van der Waals surface area contributed by atoms with Crippen molar-refractivity contribution in [3.63, 3.8) is 0 Å². The van der Waals surface area contributed by atoms with Crippen molar-refractivity contribution in [2.45, 2.75) is 157 Å². The number of nitrogens with two attached hydrogens (primary N) is 4. The number of likely N-dealkylation sites (tertiary alicyclic amines) is 1. The van der Waals surface area contributed by atoms with Crippen LogP contribution in [0.25, 0.3) is 10.9 Å². The van der Waals surface area contributed by atoms with Gasteiger partial charge in [0.15, 0.2) is 5.96 Å². The van der Waals surface area contributed by atoms with Gasteiger partial charge in [0.1, 0.15) is 42.3 Å². The highest BCUT2D eigenvalue weighted by Crippen LogP contribution is 2.36. The second-order valence-electron chi connectivity index (χ2n) is 19.9. The van der Waals surface area contributed by atoms with Crippen molar-refractivity contribution in [1.82, 2.24) is 47.1 Å². The van der Waals surface area contributed by atoms with E-state index in [1.807, 2.05) is 24.3 Å². The number of amides is 10. The Labute approximate surface area is 462 Å². The number of rotatable bonds is 31. The first-order valence-electron chi connectivity index (χ1n) is 26.1.